The second-order valence-corrected chi connectivity index (χ2v) is 3.19. The third-order valence-electron chi connectivity index (χ3n) is 1.99. The highest BCUT2D eigenvalue weighted by Gasteiger charge is 2.06. The molecule has 0 aliphatic carbocycles. The van der Waals surface area contributed by atoms with Crippen molar-refractivity contribution in [2.75, 3.05) is 5.73 Å². The van der Waals surface area contributed by atoms with E-state index in [2.05, 4.69) is 20.4 Å². The van der Waals surface area contributed by atoms with E-state index in [1.165, 1.54) is 0 Å². The van der Waals surface area contributed by atoms with Crippen molar-refractivity contribution >= 4 is 5.82 Å². The van der Waals surface area contributed by atoms with E-state index in [0.29, 0.717) is 5.82 Å². The first-order valence-electron chi connectivity index (χ1n) is 4.29. The smallest absolute Gasteiger partial charge is 0.145 e. The van der Waals surface area contributed by atoms with Crippen LogP contribution < -0.4 is 5.73 Å². The highest BCUT2D eigenvalue weighted by atomic mass is 15.2. The molecule has 2 aromatic heterocycles. The van der Waals surface area contributed by atoms with E-state index in [1.54, 1.807) is 6.07 Å². The molecule has 72 valence electrons. The Morgan fingerprint density at radius 1 is 1.21 bits per heavy atom. The monoisotopic (exact) mass is 189 g/mol. The van der Waals surface area contributed by atoms with Crippen molar-refractivity contribution in [3.05, 3.63) is 23.5 Å². The minimum Gasteiger partial charge on any atom is -0.382 e. The van der Waals surface area contributed by atoms with E-state index in [0.717, 1.165) is 22.6 Å². The summed E-state index contributed by atoms with van der Waals surface area (Å²) in [5.41, 5.74) is 9.12. The van der Waals surface area contributed by atoms with Crippen LogP contribution in [0.25, 0.3) is 11.3 Å². The van der Waals surface area contributed by atoms with E-state index in [9.17, 15) is 0 Å². The van der Waals surface area contributed by atoms with Gasteiger partial charge in [0.05, 0.1) is 17.1 Å². The van der Waals surface area contributed by atoms with Gasteiger partial charge in [0.2, 0.25) is 0 Å². The summed E-state index contributed by atoms with van der Waals surface area (Å²) in [6.07, 6.45) is 0. The van der Waals surface area contributed by atoms with Crippen molar-refractivity contribution in [2.24, 2.45) is 0 Å². The van der Waals surface area contributed by atoms with Gasteiger partial charge in [-0.15, -0.1) is 0 Å². The Morgan fingerprint density at radius 2 is 2.00 bits per heavy atom. The molecule has 0 aliphatic heterocycles. The largest absolute Gasteiger partial charge is 0.382 e. The maximum Gasteiger partial charge on any atom is 0.145 e. The molecule has 0 unspecified atom stereocenters. The molecule has 0 atom stereocenters. The number of anilines is 1. The second-order valence-electron chi connectivity index (χ2n) is 3.19. The van der Waals surface area contributed by atoms with E-state index in [1.807, 2.05) is 19.9 Å². The van der Waals surface area contributed by atoms with E-state index < -0.39 is 0 Å². The Hall–Kier alpha value is -1.91. The van der Waals surface area contributed by atoms with Gasteiger partial charge in [-0.25, -0.2) is 0 Å². The van der Waals surface area contributed by atoms with Crippen LogP contribution in [-0.4, -0.2) is 20.4 Å². The van der Waals surface area contributed by atoms with Gasteiger partial charge in [-0.1, -0.05) is 0 Å². The molecule has 2 rings (SSSR count). The molecule has 5 nitrogen and oxygen atoms in total. The maximum atomic E-state index is 5.53. The van der Waals surface area contributed by atoms with Gasteiger partial charge in [0, 0.05) is 11.6 Å². The van der Waals surface area contributed by atoms with Gasteiger partial charge >= 0.3 is 0 Å². The third-order valence-corrected chi connectivity index (χ3v) is 1.99. The van der Waals surface area contributed by atoms with E-state index in [4.69, 9.17) is 5.73 Å². The molecule has 14 heavy (non-hydrogen) atoms. The topological polar surface area (TPSA) is 80.5 Å². The highest BCUT2D eigenvalue weighted by molar-refractivity contribution is 5.64. The average Bonchev–Trinajstić information content (AvgIpc) is 2.56. The SMILES string of the molecule is Cc1cc(-c2cc(N)n[nH]2)c(C)nn1. The Kier molecular flexibility index (Phi) is 1.92. The predicted octanol–water partition coefficient (Wildman–Crippen LogP) is 1.07. The van der Waals surface area contributed by atoms with Crippen molar-refractivity contribution < 1.29 is 0 Å². The molecule has 5 heteroatoms. The molecule has 0 radical (unpaired) electrons. The molecular formula is C9H11N5. The number of nitrogens with two attached hydrogens (primary N) is 1. The third kappa shape index (κ3) is 1.44. The minimum absolute atomic E-state index is 0.480. The zero-order valence-corrected chi connectivity index (χ0v) is 8.07. The number of rotatable bonds is 1. The number of aromatic amines is 1. The van der Waals surface area contributed by atoms with Crippen LogP contribution in [0.4, 0.5) is 5.82 Å². The van der Waals surface area contributed by atoms with Gasteiger partial charge in [0.15, 0.2) is 0 Å². The lowest BCUT2D eigenvalue weighted by atomic mass is 10.1. The molecule has 0 saturated heterocycles. The fraction of sp³-hybridized carbons (Fsp3) is 0.222. The number of nitrogens with zero attached hydrogens (tertiary/aromatic N) is 3. The first-order valence-corrected chi connectivity index (χ1v) is 4.29. The van der Waals surface area contributed by atoms with Crippen LogP contribution in [0.5, 0.6) is 0 Å². The summed E-state index contributed by atoms with van der Waals surface area (Å²) in [5.74, 6) is 0.480. The Balaban J connectivity index is 2.55. The van der Waals surface area contributed by atoms with Gasteiger partial charge in [-0.3, -0.25) is 5.10 Å². The molecule has 3 N–H and O–H groups in total. The average molecular weight is 189 g/mol. The second kappa shape index (κ2) is 3.10. The van der Waals surface area contributed by atoms with Gasteiger partial charge in [0.1, 0.15) is 5.82 Å². The van der Waals surface area contributed by atoms with Gasteiger partial charge in [-0.2, -0.15) is 15.3 Å². The fourth-order valence-corrected chi connectivity index (χ4v) is 1.30. The fourth-order valence-electron chi connectivity index (χ4n) is 1.30. The van der Waals surface area contributed by atoms with E-state index >= 15 is 0 Å². The van der Waals surface area contributed by atoms with Crippen LogP contribution in [0, 0.1) is 13.8 Å². The van der Waals surface area contributed by atoms with E-state index in [-0.39, 0.29) is 0 Å². The number of H-pyrrole nitrogens is 1. The predicted molar refractivity (Wildman–Crippen MR) is 53.5 cm³/mol. The summed E-state index contributed by atoms with van der Waals surface area (Å²) in [6, 6.07) is 3.73. The lowest BCUT2D eigenvalue weighted by Gasteiger charge is -2.01. The molecule has 2 aromatic rings. The van der Waals surface area contributed by atoms with Gasteiger partial charge in [0.25, 0.3) is 0 Å². The van der Waals surface area contributed by atoms with Crippen LogP contribution in [0.2, 0.25) is 0 Å². The van der Waals surface area contributed by atoms with Gasteiger partial charge in [-0.05, 0) is 19.9 Å². The Labute approximate surface area is 81.4 Å². The van der Waals surface area contributed by atoms with Crippen LogP contribution in [0.3, 0.4) is 0 Å². The number of hydrogen-bond donors (Lipinski definition) is 2. The summed E-state index contributed by atoms with van der Waals surface area (Å²) in [4.78, 5) is 0. The standard InChI is InChI=1S/C9H11N5/c1-5-3-7(6(2)12-11-5)8-4-9(10)14-13-8/h3-4H,1-2H3,(H3,10,13,14). The molecule has 0 aromatic carbocycles. The Bertz CT molecular complexity index is 460. The normalized spacial score (nSPS) is 10.4. The summed E-state index contributed by atoms with van der Waals surface area (Å²) in [6.45, 7) is 3.80. The van der Waals surface area contributed by atoms with Crippen LogP contribution >= 0.6 is 0 Å². The van der Waals surface area contributed by atoms with Crippen molar-refractivity contribution in [3.63, 3.8) is 0 Å². The van der Waals surface area contributed by atoms with Crippen molar-refractivity contribution in [2.45, 2.75) is 13.8 Å². The minimum atomic E-state index is 0.480. The summed E-state index contributed by atoms with van der Waals surface area (Å²) in [5, 5.41) is 14.7. The van der Waals surface area contributed by atoms with Crippen LogP contribution in [0.1, 0.15) is 11.4 Å². The van der Waals surface area contributed by atoms with Crippen LogP contribution in [0.15, 0.2) is 12.1 Å². The number of nitrogen functional groups attached to an aromatic ring is 1. The molecule has 0 amide bonds. The van der Waals surface area contributed by atoms with Crippen molar-refractivity contribution in [3.8, 4) is 11.3 Å². The zero-order chi connectivity index (χ0) is 10.1. The maximum absolute atomic E-state index is 5.53. The molecule has 0 saturated carbocycles. The molecule has 0 aliphatic rings. The number of aromatic nitrogens is 4. The lowest BCUT2D eigenvalue weighted by Crippen LogP contribution is -1.93. The quantitative estimate of drug-likeness (QED) is 0.703. The molecule has 0 fully saturated rings. The van der Waals surface area contributed by atoms with Crippen molar-refractivity contribution in [1.82, 2.24) is 20.4 Å². The van der Waals surface area contributed by atoms with Crippen LogP contribution in [-0.2, 0) is 0 Å². The van der Waals surface area contributed by atoms with Crippen molar-refractivity contribution in [1.29, 1.82) is 0 Å². The first kappa shape index (κ1) is 8.68. The molecule has 2 heterocycles. The zero-order valence-electron chi connectivity index (χ0n) is 8.07. The summed E-state index contributed by atoms with van der Waals surface area (Å²) >= 11 is 0. The molecule has 0 bridgehead atoms. The lowest BCUT2D eigenvalue weighted by molar-refractivity contribution is 0.940. The molecule has 0 spiro atoms. The van der Waals surface area contributed by atoms with Gasteiger partial charge < -0.3 is 5.73 Å². The first-order chi connectivity index (χ1) is 6.66. The number of hydrogen-bond acceptors (Lipinski definition) is 4. The Morgan fingerprint density at radius 3 is 2.64 bits per heavy atom. The summed E-state index contributed by atoms with van der Waals surface area (Å²) < 4.78 is 0. The number of aryl methyl sites for hydroxylation is 2. The molecular weight excluding hydrogens is 178 g/mol. The number of nitrogens with one attached hydrogen (secondary N) is 1. The summed E-state index contributed by atoms with van der Waals surface area (Å²) in [7, 11) is 0. The highest BCUT2D eigenvalue weighted by Crippen LogP contribution is 2.20.